The van der Waals surface area contributed by atoms with Crippen molar-refractivity contribution >= 4 is 5.69 Å². The van der Waals surface area contributed by atoms with Gasteiger partial charge in [-0.3, -0.25) is 4.98 Å². The molecule has 1 aromatic carbocycles. The number of ether oxygens (including phenoxy) is 2. The standard InChI is InChI=1S/C17H22N2O2/c1-3-20-16-9-8-15(13-17(16)21-4-2)19-12-10-14-7-5-6-11-18-14/h5-9,11,13,19H,3-4,10,12H2,1-2H3. The first-order valence-electron chi connectivity index (χ1n) is 7.37. The predicted octanol–water partition coefficient (Wildman–Crippen LogP) is 3.53. The second-order valence-corrected chi connectivity index (χ2v) is 4.53. The van der Waals surface area contributed by atoms with Crippen LogP contribution >= 0.6 is 0 Å². The highest BCUT2D eigenvalue weighted by atomic mass is 16.5. The Hall–Kier alpha value is -2.23. The topological polar surface area (TPSA) is 43.4 Å². The van der Waals surface area contributed by atoms with Crippen LogP contribution in [0.15, 0.2) is 42.6 Å². The minimum absolute atomic E-state index is 0.622. The van der Waals surface area contributed by atoms with E-state index in [9.17, 15) is 0 Å². The van der Waals surface area contributed by atoms with Gasteiger partial charge in [0.2, 0.25) is 0 Å². The minimum atomic E-state index is 0.622. The third-order valence-corrected chi connectivity index (χ3v) is 2.98. The molecular formula is C17H22N2O2. The fourth-order valence-corrected chi connectivity index (χ4v) is 2.04. The Kier molecular flexibility index (Phi) is 5.88. The zero-order chi connectivity index (χ0) is 14.9. The SMILES string of the molecule is CCOc1ccc(NCCc2ccccn2)cc1OCC. The highest BCUT2D eigenvalue weighted by Crippen LogP contribution is 2.30. The predicted molar refractivity (Wildman–Crippen MR) is 85.2 cm³/mol. The largest absolute Gasteiger partial charge is 0.490 e. The van der Waals surface area contributed by atoms with Gasteiger partial charge in [0.05, 0.1) is 13.2 Å². The quantitative estimate of drug-likeness (QED) is 0.806. The number of aromatic nitrogens is 1. The van der Waals surface area contributed by atoms with Crippen LogP contribution in [0.2, 0.25) is 0 Å². The van der Waals surface area contributed by atoms with Gasteiger partial charge in [-0.05, 0) is 38.1 Å². The van der Waals surface area contributed by atoms with E-state index >= 15 is 0 Å². The van der Waals surface area contributed by atoms with E-state index in [1.54, 1.807) is 0 Å². The molecule has 0 aliphatic carbocycles. The lowest BCUT2D eigenvalue weighted by atomic mass is 10.2. The number of hydrogen-bond acceptors (Lipinski definition) is 4. The molecule has 0 unspecified atom stereocenters. The first-order valence-corrected chi connectivity index (χ1v) is 7.37. The van der Waals surface area contributed by atoms with Crippen LogP contribution < -0.4 is 14.8 Å². The number of pyridine rings is 1. The third kappa shape index (κ3) is 4.67. The monoisotopic (exact) mass is 286 g/mol. The van der Waals surface area contributed by atoms with Crippen molar-refractivity contribution in [2.24, 2.45) is 0 Å². The lowest BCUT2D eigenvalue weighted by molar-refractivity contribution is 0.288. The maximum Gasteiger partial charge on any atom is 0.163 e. The van der Waals surface area contributed by atoms with E-state index in [1.807, 2.05) is 56.4 Å². The molecule has 4 nitrogen and oxygen atoms in total. The van der Waals surface area contributed by atoms with E-state index in [4.69, 9.17) is 9.47 Å². The Balaban J connectivity index is 1.95. The summed E-state index contributed by atoms with van der Waals surface area (Å²) < 4.78 is 11.2. The highest BCUT2D eigenvalue weighted by molar-refractivity contribution is 5.54. The molecule has 1 aromatic heterocycles. The van der Waals surface area contributed by atoms with Gasteiger partial charge in [-0.1, -0.05) is 6.07 Å². The van der Waals surface area contributed by atoms with Crippen molar-refractivity contribution in [2.45, 2.75) is 20.3 Å². The van der Waals surface area contributed by atoms with Gasteiger partial charge in [-0.25, -0.2) is 0 Å². The summed E-state index contributed by atoms with van der Waals surface area (Å²) in [5.41, 5.74) is 2.11. The molecule has 2 aromatic rings. The Morgan fingerprint density at radius 2 is 1.81 bits per heavy atom. The summed E-state index contributed by atoms with van der Waals surface area (Å²) in [6.07, 6.45) is 2.71. The van der Waals surface area contributed by atoms with Gasteiger partial charge in [0, 0.05) is 36.6 Å². The second-order valence-electron chi connectivity index (χ2n) is 4.53. The van der Waals surface area contributed by atoms with Gasteiger partial charge in [-0.15, -0.1) is 0 Å². The molecule has 0 atom stereocenters. The third-order valence-electron chi connectivity index (χ3n) is 2.98. The van der Waals surface area contributed by atoms with E-state index in [-0.39, 0.29) is 0 Å². The normalized spacial score (nSPS) is 10.2. The summed E-state index contributed by atoms with van der Waals surface area (Å²) in [6, 6.07) is 11.9. The Morgan fingerprint density at radius 1 is 1.00 bits per heavy atom. The van der Waals surface area contributed by atoms with Crippen LogP contribution in [0.25, 0.3) is 0 Å². The van der Waals surface area contributed by atoms with Crippen LogP contribution in [0.3, 0.4) is 0 Å². The van der Waals surface area contributed by atoms with Crippen molar-refractivity contribution in [3.63, 3.8) is 0 Å². The first kappa shape index (κ1) is 15.2. The molecule has 1 N–H and O–H groups in total. The van der Waals surface area contributed by atoms with E-state index < -0.39 is 0 Å². The molecule has 21 heavy (non-hydrogen) atoms. The van der Waals surface area contributed by atoms with Gasteiger partial charge in [-0.2, -0.15) is 0 Å². The van der Waals surface area contributed by atoms with Gasteiger partial charge >= 0.3 is 0 Å². The maximum absolute atomic E-state index is 5.62. The minimum Gasteiger partial charge on any atom is -0.490 e. The number of rotatable bonds is 8. The van der Waals surface area contributed by atoms with Gasteiger partial charge in [0.1, 0.15) is 0 Å². The summed E-state index contributed by atoms with van der Waals surface area (Å²) in [4.78, 5) is 4.31. The van der Waals surface area contributed by atoms with Crippen molar-refractivity contribution < 1.29 is 9.47 Å². The maximum atomic E-state index is 5.62. The molecule has 0 amide bonds. The first-order chi connectivity index (χ1) is 10.3. The molecule has 0 aliphatic heterocycles. The molecule has 0 saturated carbocycles. The van der Waals surface area contributed by atoms with E-state index in [0.717, 1.165) is 35.8 Å². The Bertz CT molecular complexity index is 544. The Labute approximate surface area is 126 Å². The average molecular weight is 286 g/mol. The number of hydrogen-bond donors (Lipinski definition) is 1. The van der Waals surface area contributed by atoms with Crippen LogP contribution in [0.1, 0.15) is 19.5 Å². The molecule has 0 radical (unpaired) electrons. The molecule has 2 rings (SSSR count). The van der Waals surface area contributed by atoms with Crippen molar-refractivity contribution in [1.82, 2.24) is 4.98 Å². The zero-order valence-corrected chi connectivity index (χ0v) is 12.6. The van der Waals surface area contributed by atoms with E-state index in [1.165, 1.54) is 0 Å². The van der Waals surface area contributed by atoms with Crippen LogP contribution in [-0.4, -0.2) is 24.7 Å². The van der Waals surface area contributed by atoms with Crippen LogP contribution in [0.4, 0.5) is 5.69 Å². The molecule has 1 heterocycles. The highest BCUT2D eigenvalue weighted by Gasteiger charge is 2.05. The van der Waals surface area contributed by atoms with Crippen LogP contribution in [0.5, 0.6) is 11.5 Å². The molecule has 0 aliphatic rings. The molecule has 0 spiro atoms. The summed E-state index contributed by atoms with van der Waals surface area (Å²) in [5, 5.41) is 3.39. The molecule has 0 bridgehead atoms. The number of benzene rings is 1. The molecular weight excluding hydrogens is 264 g/mol. The average Bonchev–Trinajstić information content (AvgIpc) is 2.51. The summed E-state index contributed by atoms with van der Waals surface area (Å²) >= 11 is 0. The summed E-state index contributed by atoms with van der Waals surface area (Å²) in [7, 11) is 0. The lowest BCUT2D eigenvalue weighted by Crippen LogP contribution is -2.06. The fraction of sp³-hybridized carbons (Fsp3) is 0.353. The van der Waals surface area contributed by atoms with Crippen molar-refractivity contribution in [3.05, 3.63) is 48.3 Å². The molecule has 0 fully saturated rings. The summed E-state index contributed by atoms with van der Waals surface area (Å²) in [6.45, 7) is 6.02. The number of nitrogens with zero attached hydrogens (tertiary/aromatic N) is 1. The molecule has 0 saturated heterocycles. The van der Waals surface area contributed by atoms with Crippen molar-refractivity contribution in [2.75, 3.05) is 25.1 Å². The van der Waals surface area contributed by atoms with Gasteiger partial charge in [0.15, 0.2) is 11.5 Å². The smallest absolute Gasteiger partial charge is 0.163 e. The second kappa shape index (κ2) is 8.15. The number of nitrogens with one attached hydrogen (secondary N) is 1. The van der Waals surface area contributed by atoms with E-state index in [0.29, 0.717) is 13.2 Å². The molecule has 112 valence electrons. The van der Waals surface area contributed by atoms with Crippen LogP contribution in [-0.2, 0) is 6.42 Å². The summed E-state index contributed by atoms with van der Waals surface area (Å²) in [5.74, 6) is 1.57. The zero-order valence-electron chi connectivity index (χ0n) is 12.6. The van der Waals surface area contributed by atoms with E-state index in [2.05, 4.69) is 10.3 Å². The Morgan fingerprint density at radius 3 is 2.52 bits per heavy atom. The van der Waals surface area contributed by atoms with Crippen molar-refractivity contribution in [1.29, 1.82) is 0 Å². The van der Waals surface area contributed by atoms with Crippen molar-refractivity contribution in [3.8, 4) is 11.5 Å². The fourth-order valence-electron chi connectivity index (χ4n) is 2.04. The number of anilines is 1. The molecule has 4 heteroatoms. The van der Waals surface area contributed by atoms with Gasteiger partial charge < -0.3 is 14.8 Å². The lowest BCUT2D eigenvalue weighted by Gasteiger charge is -2.13. The van der Waals surface area contributed by atoms with Crippen LogP contribution in [0, 0.1) is 0 Å². The van der Waals surface area contributed by atoms with Gasteiger partial charge in [0.25, 0.3) is 0 Å².